The minimum absolute atomic E-state index is 0.0555. The summed E-state index contributed by atoms with van der Waals surface area (Å²) < 4.78 is 3.23. The smallest absolute Gasteiger partial charge is 0.234 e. The monoisotopic (exact) mass is 511 g/mol. The van der Waals surface area contributed by atoms with Crippen molar-refractivity contribution in [1.29, 1.82) is 0 Å². The average Bonchev–Trinajstić information content (AvgIpc) is 3.19. The molecule has 0 bridgehead atoms. The number of thioether (sulfide) groups is 1. The highest BCUT2D eigenvalue weighted by atomic mass is 127. The number of para-hydroxylation sites is 1. The first-order valence-electron chi connectivity index (χ1n) is 9.07. The third kappa shape index (κ3) is 4.89. The molecule has 0 fully saturated rings. The lowest BCUT2D eigenvalue weighted by Crippen LogP contribution is -2.14. The second kappa shape index (κ2) is 9.28. The van der Waals surface area contributed by atoms with E-state index in [-0.39, 0.29) is 11.7 Å². The zero-order valence-corrected chi connectivity index (χ0v) is 18.4. The van der Waals surface area contributed by atoms with E-state index < -0.39 is 0 Å². The third-order valence-electron chi connectivity index (χ3n) is 4.27. The van der Waals surface area contributed by atoms with Gasteiger partial charge in [0.25, 0.3) is 0 Å². The highest BCUT2D eigenvalue weighted by Crippen LogP contribution is 2.29. The predicted molar refractivity (Wildman–Crippen MR) is 128 cm³/mol. The molecule has 0 saturated carbocycles. The first-order chi connectivity index (χ1) is 14.2. The number of carbonyl (C=O) groups excluding carboxylic acids is 1. The molecule has 4 rings (SSSR count). The molecule has 144 valence electrons. The number of nitrogens with zero attached hydrogens (tertiary/aromatic N) is 2. The number of aromatic nitrogens is 2. The summed E-state index contributed by atoms with van der Waals surface area (Å²) in [5.41, 5.74) is 3.90. The van der Waals surface area contributed by atoms with Crippen LogP contribution >= 0.6 is 34.4 Å². The van der Waals surface area contributed by atoms with Gasteiger partial charge < -0.3 is 5.32 Å². The highest BCUT2D eigenvalue weighted by Gasteiger charge is 2.15. The summed E-state index contributed by atoms with van der Waals surface area (Å²) in [6, 6.07) is 28.0. The zero-order valence-electron chi connectivity index (χ0n) is 15.5. The van der Waals surface area contributed by atoms with Gasteiger partial charge in [0.1, 0.15) is 0 Å². The van der Waals surface area contributed by atoms with Crippen LogP contribution in [0.3, 0.4) is 0 Å². The predicted octanol–water partition coefficient (Wildman–Crippen LogP) is 5.87. The van der Waals surface area contributed by atoms with Gasteiger partial charge in [-0.05, 0) is 59.0 Å². The normalized spacial score (nSPS) is 10.7. The topological polar surface area (TPSA) is 46.9 Å². The van der Waals surface area contributed by atoms with Crippen LogP contribution in [0.1, 0.15) is 0 Å². The molecule has 0 aliphatic heterocycles. The van der Waals surface area contributed by atoms with Crippen LogP contribution in [0, 0.1) is 3.57 Å². The molecule has 4 nitrogen and oxygen atoms in total. The molecule has 0 aliphatic rings. The van der Waals surface area contributed by atoms with Crippen molar-refractivity contribution in [1.82, 2.24) is 9.55 Å². The maximum Gasteiger partial charge on any atom is 0.234 e. The molecule has 0 aliphatic carbocycles. The Balaban J connectivity index is 1.56. The molecule has 0 atom stereocenters. The van der Waals surface area contributed by atoms with Gasteiger partial charge in [0.2, 0.25) is 5.91 Å². The maximum atomic E-state index is 12.4. The standard InChI is InChI=1S/C23H18IN3OS/c24-18-11-13-19(14-12-18)26-22(28)16-29-23-25-15-21(17-7-3-1-4-8-17)27(23)20-9-5-2-6-10-20/h1-15H,16H2,(H,26,28). The number of hydrogen-bond donors (Lipinski definition) is 1. The van der Waals surface area contributed by atoms with Crippen molar-refractivity contribution >= 4 is 45.9 Å². The molecule has 29 heavy (non-hydrogen) atoms. The van der Waals surface area contributed by atoms with Gasteiger partial charge in [-0.25, -0.2) is 4.98 Å². The number of benzene rings is 3. The molecule has 6 heteroatoms. The molecule has 1 amide bonds. The summed E-state index contributed by atoms with van der Waals surface area (Å²) in [6.07, 6.45) is 1.86. The SMILES string of the molecule is O=C(CSc1ncc(-c2ccccc2)n1-c1ccccc1)Nc1ccc(I)cc1. The molecule has 0 saturated heterocycles. The fourth-order valence-electron chi connectivity index (χ4n) is 2.94. The Morgan fingerprint density at radius 1 is 0.931 bits per heavy atom. The number of anilines is 1. The van der Waals surface area contributed by atoms with Crippen LogP contribution in [0.15, 0.2) is 96.3 Å². The quantitative estimate of drug-likeness (QED) is 0.260. The number of nitrogens with one attached hydrogen (secondary N) is 1. The molecule has 1 N–H and O–H groups in total. The van der Waals surface area contributed by atoms with Gasteiger partial charge in [0, 0.05) is 20.5 Å². The van der Waals surface area contributed by atoms with Crippen LogP contribution in [0.4, 0.5) is 5.69 Å². The van der Waals surface area contributed by atoms with Crippen LogP contribution in [0.25, 0.3) is 16.9 Å². The first kappa shape index (κ1) is 19.7. The summed E-state index contributed by atoms with van der Waals surface area (Å²) >= 11 is 3.67. The Morgan fingerprint density at radius 2 is 1.59 bits per heavy atom. The molecular weight excluding hydrogens is 493 g/mol. The van der Waals surface area contributed by atoms with Crippen molar-refractivity contribution < 1.29 is 4.79 Å². The Morgan fingerprint density at radius 3 is 2.28 bits per heavy atom. The van der Waals surface area contributed by atoms with E-state index in [0.717, 1.165) is 31.4 Å². The molecule has 1 aromatic heterocycles. The van der Waals surface area contributed by atoms with Crippen LogP contribution in [0.5, 0.6) is 0 Å². The molecular formula is C23H18IN3OS. The van der Waals surface area contributed by atoms with E-state index in [9.17, 15) is 4.79 Å². The average molecular weight is 511 g/mol. The summed E-state index contributed by atoms with van der Waals surface area (Å²) in [6.45, 7) is 0. The largest absolute Gasteiger partial charge is 0.325 e. The van der Waals surface area contributed by atoms with E-state index in [0.29, 0.717) is 0 Å². The minimum atomic E-state index is -0.0555. The van der Waals surface area contributed by atoms with Crippen LogP contribution in [-0.2, 0) is 4.79 Å². The van der Waals surface area contributed by atoms with Crippen molar-refractivity contribution in [3.05, 3.63) is 94.7 Å². The van der Waals surface area contributed by atoms with Crippen LogP contribution in [0.2, 0.25) is 0 Å². The second-order valence-corrected chi connectivity index (χ2v) is 8.49. The molecule has 0 spiro atoms. The zero-order chi connectivity index (χ0) is 20.1. The number of halogens is 1. The second-order valence-electron chi connectivity index (χ2n) is 6.31. The van der Waals surface area contributed by atoms with Crippen molar-refractivity contribution in [2.75, 3.05) is 11.1 Å². The number of rotatable bonds is 6. The Hall–Kier alpha value is -2.58. The molecule has 0 unspecified atom stereocenters. The Bertz CT molecular complexity index is 1100. The van der Waals surface area contributed by atoms with Gasteiger partial charge in [0.15, 0.2) is 5.16 Å². The van der Waals surface area contributed by atoms with Crippen molar-refractivity contribution in [2.45, 2.75) is 5.16 Å². The fourth-order valence-corrected chi connectivity index (χ4v) is 4.09. The number of carbonyl (C=O) groups is 1. The van der Waals surface area contributed by atoms with Crippen molar-refractivity contribution in [3.8, 4) is 16.9 Å². The lowest BCUT2D eigenvalue weighted by Gasteiger charge is -2.12. The molecule has 3 aromatic carbocycles. The van der Waals surface area contributed by atoms with E-state index in [1.54, 1.807) is 0 Å². The Kier molecular flexibility index (Phi) is 6.31. The summed E-state index contributed by atoms with van der Waals surface area (Å²) in [5, 5.41) is 3.72. The van der Waals surface area contributed by atoms with Gasteiger partial charge in [-0.15, -0.1) is 0 Å². The Labute approximate surface area is 187 Å². The molecule has 4 aromatic rings. The first-order valence-corrected chi connectivity index (χ1v) is 11.1. The number of amides is 1. The van der Waals surface area contributed by atoms with Crippen LogP contribution in [-0.4, -0.2) is 21.2 Å². The maximum absolute atomic E-state index is 12.4. The minimum Gasteiger partial charge on any atom is -0.325 e. The van der Waals surface area contributed by atoms with E-state index in [1.807, 2.05) is 79.0 Å². The highest BCUT2D eigenvalue weighted by molar-refractivity contribution is 14.1. The lowest BCUT2D eigenvalue weighted by atomic mass is 10.1. The van der Waals surface area contributed by atoms with Gasteiger partial charge in [0.05, 0.1) is 17.6 Å². The van der Waals surface area contributed by atoms with Crippen LogP contribution < -0.4 is 5.32 Å². The summed E-state index contributed by atoms with van der Waals surface area (Å²) in [7, 11) is 0. The summed E-state index contributed by atoms with van der Waals surface area (Å²) in [5.74, 6) is 0.226. The fraction of sp³-hybridized carbons (Fsp3) is 0.0435. The van der Waals surface area contributed by atoms with Crippen molar-refractivity contribution in [2.24, 2.45) is 0 Å². The number of hydrogen-bond acceptors (Lipinski definition) is 3. The van der Waals surface area contributed by atoms with E-state index in [2.05, 4.69) is 49.6 Å². The lowest BCUT2D eigenvalue weighted by molar-refractivity contribution is -0.113. The van der Waals surface area contributed by atoms with Gasteiger partial charge >= 0.3 is 0 Å². The van der Waals surface area contributed by atoms with Gasteiger partial charge in [-0.1, -0.05) is 60.3 Å². The van der Waals surface area contributed by atoms with Crippen molar-refractivity contribution in [3.63, 3.8) is 0 Å². The van der Waals surface area contributed by atoms with E-state index in [4.69, 9.17) is 0 Å². The summed E-state index contributed by atoms with van der Waals surface area (Å²) in [4.78, 5) is 17.0. The van der Waals surface area contributed by atoms with E-state index in [1.165, 1.54) is 11.8 Å². The number of imidazole rings is 1. The third-order valence-corrected chi connectivity index (χ3v) is 5.95. The van der Waals surface area contributed by atoms with E-state index >= 15 is 0 Å². The molecule has 1 heterocycles. The molecule has 0 radical (unpaired) electrons. The van der Waals surface area contributed by atoms with Gasteiger partial charge in [-0.3, -0.25) is 9.36 Å². The van der Waals surface area contributed by atoms with Gasteiger partial charge in [-0.2, -0.15) is 0 Å².